The molecule has 18 heavy (non-hydrogen) atoms. The van der Waals surface area contributed by atoms with E-state index in [0.717, 1.165) is 25.3 Å². The number of hydrogen-bond donors (Lipinski definition) is 2. The molecule has 0 heterocycles. The zero-order valence-corrected chi connectivity index (χ0v) is 12.0. The van der Waals surface area contributed by atoms with Crippen molar-refractivity contribution in [3.63, 3.8) is 0 Å². The standard InChI is InChI=1S/C12H14BrF2NO.ClH/c13-7-4-5-8(14)9(10(7)15)11(16)12(17)6-2-1-3-6;/h4-6,11-12,17H,1-3,16H2;1H/t11-,12+;/m0./s1. The molecular formula is C12H15BrClF2NO. The maximum absolute atomic E-state index is 13.8. The quantitative estimate of drug-likeness (QED) is 0.828. The molecular weight excluding hydrogens is 327 g/mol. The lowest BCUT2D eigenvalue weighted by atomic mass is 9.77. The van der Waals surface area contributed by atoms with Crippen LogP contribution in [0.4, 0.5) is 8.78 Å². The van der Waals surface area contributed by atoms with Gasteiger partial charge < -0.3 is 10.8 Å². The minimum absolute atomic E-state index is 0. The maximum Gasteiger partial charge on any atom is 0.145 e. The summed E-state index contributed by atoms with van der Waals surface area (Å²) >= 11 is 2.99. The van der Waals surface area contributed by atoms with E-state index in [2.05, 4.69) is 15.9 Å². The van der Waals surface area contributed by atoms with Crippen LogP contribution in [0.2, 0.25) is 0 Å². The molecule has 0 amide bonds. The Bertz CT molecular complexity index is 429. The van der Waals surface area contributed by atoms with E-state index in [1.165, 1.54) is 6.07 Å². The lowest BCUT2D eigenvalue weighted by molar-refractivity contribution is 0.0394. The van der Waals surface area contributed by atoms with Crippen LogP contribution in [0.1, 0.15) is 30.9 Å². The van der Waals surface area contributed by atoms with E-state index in [4.69, 9.17) is 5.73 Å². The third-order valence-corrected chi connectivity index (χ3v) is 4.03. The van der Waals surface area contributed by atoms with Gasteiger partial charge in [0.05, 0.1) is 16.6 Å². The fourth-order valence-electron chi connectivity index (χ4n) is 2.09. The molecule has 0 bridgehead atoms. The van der Waals surface area contributed by atoms with Gasteiger partial charge in [-0.25, -0.2) is 8.78 Å². The smallest absolute Gasteiger partial charge is 0.145 e. The monoisotopic (exact) mass is 341 g/mol. The summed E-state index contributed by atoms with van der Waals surface area (Å²) in [6.45, 7) is 0. The molecule has 1 aromatic rings. The van der Waals surface area contributed by atoms with Crippen LogP contribution in [0.15, 0.2) is 16.6 Å². The van der Waals surface area contributed by atoms with E-state index in [1.807, 2.05) is 0 Å². The molecule has 0 aliphatic heterocycles. The largest absolute Gasteiger partial charge is 0.391 e. The van der Waals surface area contributed by atoms with Crippen LogP contribution < -0.4 is 5.73 Å². The molecule has 102 valence electrons. The number of aliphatic hydroxyl groups is 1. The molecule has 2 atom stereocenters. The number of rotatable bonds is 3. The number of halogens is 4. The molecule has 0 spiro atoms. The Balaban J connectivity index is 0.00000162. The molecule has 1 fully saturated rings. The van der Waals surface area contributed by atoms with Gasteiger partial charge in [0.25, 0.3) is 0 Å². The second kappa shape index (κ2) is 6.28. The summed E-state index contributed by atoms with van der Waals surface area (Å²) in [5.41, 5.74) is 5.53. The van der Waals surface area contributed by atoms with Crippen LogP contribution >= 0.6 is 28.3 Å². The number of nitrogens with two attached hydrogens (primary N) is 1. The predicted molar refractivity (Wildman–Crippen MR) is 71.6 cm³/mol. The van der Waals surface area contributed by atoms with Crippen molar-refractivity contribution in [1.82, 2.24) is 0 Å². The van der Waals surface area contributed by atoms with E-state index < -0.39 is 23.8 Å². The summed E-state index contributed by atoms with van der Waals surface area (Å²) in [4.78, 5) is 0. The van der Waals surface area contributed by atoms with Gasteiger partial charge in [-0.15, -0.1) is 12.4 Å². The van der Waals surface area contributed by atoms with Gasteiger partial charge >= 0.3 is 0 Å². The highest BCUT2D eigenvalue weighted by molar-refractivity contribution is 9.10. The molecule has 2 nitrogen and oxygen atoms in total. The van der Waals surface area contributed by atoms with Gasteiger partial charge in [-0.3, -0.25) is 0 Å². The fourth-order valence-corrected chi connectivity index (χ4v) is 2.44. The average molecular weight is 343 g/mol. The van der Waals surface area contributed by atoms with Crippen molar-refractivity contribution in [3.05, 3.63) is 33.8 Å². The van der Waals surface area contributed by atoms with Crippen molar-refractivity contribution in [1.29, 1.82) is 0 Å². The van der Waals surface area contributed by atoms with Crippen molar-refractivity contribution in [2.45, 2.75) is 31.4 Å². The van der Waals surface area contributed by atoms with Crippen molar-refractivity contribution in [3.8, 4) is 0 Å². The highest BCUT2D eigenvalue weighted by Crippen LogP contribution is 2.36. The maximum atomic E-state index is 13.8. The van der Waals surface area contributed by atoms with E-state index in [-0.39, 0.29) is 28.4 Å². The van der Waals surface area contributed by atoms with E-state index in [1.54, 1.807) is 0 Å². The van der Waals surface area contributed by atoms with Crippen LogP contribution in [-0.2, 0) is 0 Å². The predicted octanol–water partition coefficient (Wildman–Crippen LogP) is 3.31. The molecule has 2 rings (SSSR count). The summed E-state index contributed by atoms with van der Waals surface area (Å²) in [5.74, 6) is -1.38. The zero-order chi connectivity index (χ0) is 12.6. The molecule has 0 unspecified atom stereocenters. The second-order valence-electron chi connectivity index (χ2n) is 4.46. The van der Waals surface area contributed by atoms with Crippen LogP contribution in [0.25, 0.3) is 0 Å². The van der Waals surface area contributed by atoms with Gasteiger partial charge in [0.15, 0.2) is 0 Å². The van der Waals surface area contributed by atoms with Gasteiger partial charge in [-0.1, -0.05) is 6.42 Å². The van der Waals surface area contributed by atoms with Crippen molar-refractivity contribution in [2.75, 3.05) is 0 Å². The third-order valence-electron chi connectivity index (χ3n) is 3.41. The first-order valence-electron chi connectivity index (χ1n) is 5.59. The summed E-state index contributed by atoms with van der Waals surface area (Å²) in [5, 5.41) is 9.96. The van der Waals surface area contributed by atoms with E-state index in [9.17, 15) is 13.9 Å². The molecule has 1 aliphatic carbocycles. The minimum Gasteiger partial charge on any atom is -0.391 e. The normalized spacial score (nSPS) is 18.7. The number of hydrogen-bond acceptors (Lipinski definition) is 2. The van der Waals surface area contributed by atoms with Gasteiger partial charge in [0.1, 0.15) is 11.6 Å². The summed E-state index contributed by atoms with van der Waals surface area (Å²) < 4.78 is 27.5. The highest BCUT2D eigenvalue weighted by Gasteiger charge is 2.33. The Labute approximate surface area is 119 Å². The Hall–Kier alpha value is -0.230. The van der Waals surface area contributed by atoms with Crippen molar-refractivity contribution < 1.29 is 13.9 Å². The first-order chi connectivity index (χ1) is 8.02. The van der Waals surface area contributed by atoms with Crippen LogP contribution in [0.5, 0.6) is 0 Å². The lowest BCUT2D eigenvalue weighted by Gasteiger charge is -2.34. The van der Waals surface area contributed by atoms with Gasteiger partial charge in [-0.2, -0.15) is 0 Å². The first kappa shape index (κ1) is 15.8. The SMILES string of the molecule is Cl.N[C@@H](c1c(F)ccc(Br)c1F)[C@H](O)C1CCC1. The third kappa shape index (κ3) is 2.85. The van der Waals surface area contributed by atoms with Crippen LogP contribution in [0, 0.1) is 17.6 Å². The molecule has 0 radical (unpaired) electrons. The molecule has 1 aromatic carbocycles. The van der Waals surface area contributed by atoms with Crippen molar-refractivity contribution >= 4 is 28.3 Å². The molecule has 0 saturated heterocycles. The molecule has 6 heteroatoms. The van der Waals surface area contributed by atoms with Gasteiger partial charge in [0.2, 0.25) is 0 Å². The molecule has 1 saturated carbocycles. The van der Waals surface area contributed by atoms with Crippen molar-refractivity contribution in [2.24, 2.45) is 11.7 Å². The summed E-state index contributed by atoms with van der Waals surface area (Å²) in [6.07, 6.45) is 1.89. The van der Waals surface area contributed by atoms with Gasteiger partial charge in [0, 0.05) is 5.56 Å². The fraction of sp³-hybridized carbons (Fsp3) is 0.500. The topological polar surface area (TPSA) is 46.2 Å². The minimum atomic E-state index is -1.02. The first-order valence-corrected chi connectivity index (χ1v) is 6.38. The zero-order valence-electron chi connectivity index (χ0n) is 9.57. The summed E-state index contributed by atoms with van der Waals surface area (Å²) in [6, 6.07) is 1.42. The number of benzene rings is 1. The average Bonchev–Trinajstić information content (AvgIpc) is 2.21. The highest BCUT2D eigenvalue weighted by atomic mass is 79.9. The number of aliphatic hydroxyl groups excluding tert-OH is 1. The van der Waals surface area contributed by atoms with Gasteiger partial charge in [-0.05, 0) is 46.8 Å². The van der Waals surface area contributed by atoms with E-state index >= 15 is 0 Å². The Morgan fingerprint density at radius 2 is 1.94 bits per heavy atom. The Kier molecular flexibility index (Phi) is 5.52. The molecule has 3 N–H and O–H groups in total. The van der Waals surface area contributed by atoms with E-state index in [0.29, 0.717) is 0 Å². The summed E-state index contributed by atoms with van der Waals surface area (Å²) in [7, 11) is 0. The Morgan fingerprint density at radius 1 is 1.33 bits per heavy atom. The molecule has 1 aliphatic rings. The molecule has 0 aromatic heterocycles. The Morgan fingerprint density at radius 3 is 2.44 bits per heavy atom. The van der Waals surface area contributed by atoms with Crippen LogP contribution in [-0.4, -0.2) is 11.2 Å². The van der Waals surface area contributed by atoms with Crippen LogP contribution in [0.3, 0.4) is 0 Å². The lowest BCUT2D eigenvalue weighted by Crippen LogP contribution is -2.37. The second-order valence-corrected chi connectivity index (χ2v) is 5.32.